The highest BCUT2D eigenvalue weighted by Gasteiger charge is 2.16. The first-order valence-electron chi connectivity index (χ1n) is 9.92. The molecule has 0 amide bonds. The monoisotopic (exact) mass is 436 g/mol. The standard InChI is InChI=1S/C24H21ClN2O4/c1-16-20(24(25)27(26-16)14-17-5-3-2-4-6-17)8-10-23(29)31-15-21(28)18-7-9-22-19(13-18)11-12-30-22/h2-10,13H,11-12,14-15H2,1H3/b10-8+. The van der Waals surface area contributed by atoms with Gasteiger partial charge < -0.3 is 9.47 Å². The van der Waals surface area contributed by atoms with E-state index in [1.807, 2.05) is 37.3 Å². The van der Waals surface area contributed by atoms with Crippen LogP contribution in [-0.4, -0.2) is 34.7 Å². The Labute approximate surface area is 185 Å². The number of carbonyl (C=O) groups is 2. The second kappa shape index (κ2) is 9.18. The summed E-state index contributed by atoms with van der Waals surface area (Å²) in [6, 6.07) is 15.1. The van der Waals surface area contributed by atoms with Gasteiger partial charge in [-0.05, 0) is 42.3 Å². The lowest BCUT2D eigenvalue weighted by Gasteiger charge is -2.04. The maximum absolute atomic E-state index is 12.3. The number of hydrogen-bond donors (Lipinski definition) is 0. The number of ketones is 1. The summed E-state index contributed by atoms with van der Waals surface area (Å²) in [7, 11) is 0. The lowest BCUT2D eigenvalue weighted by molar-refractivity contribution is -0.136. The topological polar surface area (TPSA) is 70.4 Å². The predicted octanol–water partition coefficient (Wildman–Crippen LogP) is 4.27. The van der Waals surface area contributed by atoms with E-state index in [4.69, 9.17) is 21.1 Å². The summed E-state index contributed by atoms with van der Waals surface area (Å²) in [6.45, 7) is 2.64. The van der Waals surface area contributed by atoms with Crippen molar-refractivity contribution in [2.24, 2.45) is 0 Å². The van der Waals surface area contributed by atoms with Gasteiger partial charge in [-0.1, -0.05) is 41.9 Å². The summed E-state index contributed by atoms with van der Waals surface area (Å²) < 4.78 is 12.2. The van der Waals surface area contributed by atoms with Crippen molar-refractivity contribution in [3.8, 4) is 5.75 Å². The van der Waals surface area contributed by atoms with Crippen LogP contribution in [-0.2, 0) is 22.5 Å². The van der Waals surface area contributed by atoms with E-state index in [9.17, 15) is 9.59 Å². The molecule has 7 heteroatoms. The molecule has 0 saturated carbocycles. The van der Waals surface area contributed by atoms with Gasteiger partial charge in [-0.3, -0.25) is 4.79 Å². The Hall–Kier alpha value is -3.38. The fraction of sp³-hybridized carbons (Fsp3) is 0.208. The molecule has 0 aliphatic carbocycles. The number of fused-ring (bicyclic) bond motifs is 1. The van der Waals surface area contributed by atoms with Crippen molar-refractivity contribution < 1.29 is 19.1 Å². The van der Waals surface area contributed by atoms with Gasteiger partial charge in [0.15, 0.2) is 12.4 Å². The molecule has 1 aliphatic rings. The van der Waals surface area contributed by atoms with Crippen LogP contribution in [0, 0.1) is 6.92 Å². The molecular formula is C24H21ClN2O4. The number of halogens is 1. The number of esters is 1. The average Bonchev–Trinajstić information content (AvgIpc) is 3.35. The van der Waals surface area contributed by atoms with E-state index in [0.29, 0.717) is 35.1 Å². The molecule has 3 aromatic rings. The zero-order chi connectivity index (χ0) is 21.8. The first-order valence-corrected chi connectivity index (χ1v) is 10.3. The van der Waals surface area contributed by atoms with Crippen LogP contribution in [0.1, 0.15) is 32.7 Å². The Morgan fingerprint density at radius 1 is 1.23 bits per heavy atom. The largest absolute Gasteiger partial charge is 0.493 e. The Morgan fingerprint density at radius 2 is 2.03 bits per heavy atom. The van der Waals surface area contributed by atoms with Gasteiger partial charge in [0.05, 0.1) is 18.8 Å². The first kappa shape index (κ1) is 20.9. The van der Waals surface area contributed by atoms with Crippen LogP contribution in [0.4, 0.5) is 0 Å². The normalized spacial score (nSPS) is 12.6. The summed E-state index contributed by atoms with van der Waals surface area (Å²) in [5, 5.41) is 4.88. The van der Waals surface area contributed by atoms with E-state index in [0.717, 1.165) is 23.3 Å². The molecule has 0 atom stereocenters. The molecule has 0 unspecified atom stereocenters. The average molecular weight is 437 g/mol. The summed E-state index contributed by atoms with van der Waals surface area (Å²) in [5.41, 5.74) is 3.90. The lowest BCUT2D eigenvalue weighted by Crippen LogP contribution is -2.12. The zero-order valence-corrected chi connectivity index (χ0v) is 17.8. The summed E-state index contributed by atoms with van der Waals surface area (Å²) in [6.07, 6.45) is 3.59. The number of Topliss-reactive ketones (excluding diaryl/α,β-unsaturated/α-hetero) is 1. The molecule has 31 heavy (non-hydrogen) atoms. The molecule has 1 aromatic heterocycles. The smallest absolute Gasteiger partial charge is 0.331 e. The van der Waals surface area contributed by atoms with Crippen LogP contribution in [0.5, 0.6) is 5.75 Å². The van der Waals surface area contributed by atoms with Crippen LogP contribution < -0.4 is 4.74 Å². The lowest BCUT2D eigenvalue weighted by atomic mass is 10.1. The van der Waals surface area contributed by atoms with E-state index in [1.54, 1.807) is 29.0 Å². The molecule has 0 N–H and O–H groups in total. The van der Waals surface area contributed by atoms with Crippen molar-refractivity contribution in [1.82, 2.24) is 9.78 Å². The van der Waals surface area contributed by atoms with Crippen molar-refractivity contribution >= 4 is 29.4 Å². The van der Waals surface area contributed by atoms with Gasteiger partial charge in [0, 0.05) is 23.6 Å². The van der Waals surface area contributed by atoms with Gasteiger partial charge in [0.2, 0.25) is 0 Å². The van der Waals surface area contributed by atoms with E-state index >= 15 is 0 Å². The van der Waals surface area contributed by atoms with Gasteiger partial charge in [-0.15, -0.1) is 0 Å². The number of aryl methyl sites for hydroxylation is 1. The van der Waals surface area contributed by atoms with Crippen LogP contribution in [0.3, 0.4) is 0 Å². The van der Waals surface area contributed by atoms with E-state index in [-0.39, 0.29) is 12.4 Å². The number of rotatable bonds is 7. The maximum Gasteiger partial charge on any atom is 0.331 e. The Kier molecular flexibility index (Phi) is 6.18. The molecule has 4 rings (SSSR count). The molecule has 2 aromatic carbocycles. The molecule has 0 fully saturated rings. The molecule has 158 valence electrons. The van der Waals surface area contributed by atoms with E-state index < -0.39 is 5.97 Å². The highest BCUT2D eigenvalue weighted by molar-refractivity contribution is 6.31. The fourth-order valence-corrected chi connectivity index (χ4v) is 3.69. The highest BCUT2D eigenvalue weighted by atomic mass is 35.5. The van der Waals surface area contributed by atoms with E-state index in [1.165, 1.54) is 6.08 Å². The van der Waals surface area contributed by atoms with Gasteiger partial charge >= 0.3 is 5.97 Å². The third-order valence-electron chi connectivity index (χ3n) is 5.03. The Bertz CT molecular complexity index is 1150. The minimum absolute atomic E-state index is 0.263. The SMILES string of the molecule is Cc1nn(Cc2ccccc2)c(Cl)c1/C=C/C(=O)OCC(=O)c1ccc2c(c1)CCO2. The van der Waals surface area contributed by atoms with Crippen LogP contribution in [0.25, 0.3) is 6.08 Å². The minimum atomic E-state index is -0.621. The molecule has 0 saturated heterocycles. The third kappa shape index (κ3) is 4.86. The third-order valence-corrected chi connectivity index (χ3v) is 5.43. The molecule has 0 spiro atoms. The van der Waals surface area contributed by atoms with Crippen molar-refractivity contribution in [3.05, 3.63) is 87.7 Å². The maximum atomic E-state index is 12.3. The zero-order valence-electron chi connectivity index (χ0n) is 17.0. The number of ether oxygens (including phenoxy) is 2. The van der Waals surface area contributed by atoms with Crippen molar-refractivity contribution in [3.63, 3.8) is 0 Å². The van der Waals surface area contributed by atoms with Crippen molar-refractivity contribution in [2.45, 2.75) is 19.9 Å². The van der Waals surface area contributed by atoms with Crippen molar-refractivity contribution in [1.29, 1.82) is 0 Å². The fourth-order valence-electron chi connectivity index (χ4n) is 3.40. The number of benzene rings is 2. The quantitative estimate of drug-likeness (QED) is 0.314. The second-order valence-electron chi connectivity index (χ2n) is 7.22. The van der Waals surface area contributed by atoms with Crippen LogP contribution in [0.2, 0.25) is 5.15 Å². The van der Waals surface area contributed by atoms with Gasteiger partial charge in [-0.2, -0.15) is 5.10 Å². The van der Waals surface area contributed by atoms with Crippen LogP contribution >= 0.6 is 11.6 Å². The summed E-state index contributed by atoms with van der Waals surface area (Å²) in [4.78, 5) is 24.4. The predicted molar refractivity (Wildman–Crippen MR) is 117 cm³/mol. The van der Waals surface area contributed by atoms with Gasteiger partial charge in [0.1, 0.15) is 10.9 Å². The molecule has 6 nitrogen and oxygen atoms in total. The van der Waals surface area contributed by atoms with Gasteiger partial charge in [0.25, 0.3) is 0 Å². The Morgan fingerprint density at radius 3 is 2.84 bits per heavy atom. The van der Waals surface area contributed by atoms with Crippen molar-refractivity contribution in [2.75, 3.05) is 13.2 Å². The molecule has 0 bridgehead atoms. The number of aromatic nitrogens is 2. The number of hydrogen-bond acceptors (Lipinski definition) is 5. The van der Waals surface area contributed by atoms with Crippen LogP contribution in [0.15, 0.2) is 54.6 Å². The summed E-state index contributed by atoms with van der Waals surface area (Å²) >= 11 is 6.45. The molecule has 1 aliphatic heterocycles. The molecule has 2 heterocycles. The number of carbonyl (C=O) groups excluding carboxylic acids is 2. The second-order valence-corrected chi connectivity index (χ2v) is 7.58. The first-order chi connectivity index (χ1) is 15.0. The molecule has 0 radical (unpaired) electrons. The van der Waals surface area contributed by atoms with E-state index in [2.05, 4.69) is 5.10 Å². The Balaban J connectivity index is 1.36. The minimum Gasteiger partial charge on any atom is -0.493 e. The number of nitrogens with zero attached hydrogens (tertiary/aromatic N) is 2. The highest BCUT2D eigenvalue weighted by Crippen LogP contribution is 2.26. The molecular weight excluding hydrogens is 416 g/mol. The summed E-state index contributed by atoms with van der Waals surface area (Å²) in [5.74, 6) is -0.0815. The van der Waals surface area contributed by atoms with Gasteiger partial charge in [-0.25, -0.2) is 9.48 Å².